The predicted molar refractivity (Wildman–Crippen MR) is 91.3 cm³/mol. The van der Waals surface area contributed by atoms with Crippen molar-refractivity contribution in [2.75, 3.05) is 13.1 Å². The van der Waals surface area contributed by atoms with Crippen LogP contribution in [-0.2, 0) is 13.5 Å². The first kappa shape index (κ1) is 16.7. The maximum atomic E-state index is 13.0. The first-order valence-corrected chi connectivity index (χ1v) is 8.57. The summed E-state index contributed by atoms with van der Waals surface area (Å²) in [5.41, 5.74) is 2.68. The Labute approximate surface area is 142 Å². The van der Waals surface area contributed by atoms with Crippen molar-refractivity contribution in [3.05, 3.63) is 53.1 Å². The van der Waals surface area contributed by atoms with Crippen LogP contribution in [0.3, 0.4) is 0 Å². The van der Waals surface area contributed by atoms with Crippen LogP contribution in [0, 0.1) is 18.7 Å². The van der Waals surface area contributed by atoms with Gasteiger partial charge in [0.15, 0.2) is 0 Å². The van der Waals surface area contributed by atoms with Gasteiger partial charge in [0.1, 0.15) is 11.5 Å². The largest absolute Gasteiger partial charge is 0.337 e. The van der Waals surface area contributed by atoms with Crippen molar-refractivity contribution < 1.29 is 9.18 Å². The fraction of sp³-hybridized carbons (Fsp3) is 0.474. The van der Waals surface area contributed by atoms with E-state index < -0.39 is 0 Å². The Morgan fingerprint density at radius 2 is 2.08 bits per heavy atom. The van der Waals surface area contributed by atoms with E-state index >= 15 is 0 Å². The van der Waals surface area contributed by atoms with Crippen molar-refractivity contribution >= 4 is 5.91 Å². The molecule has 1 fully saturated rings. The molecule has 2 aromatic rings. The topological polar surface area (TPSA) is 38.1 Å². The van der Waals surface area contributed by atoms with E-state index in [-0.39, 0.29) is 11.7 Å². The van der Waals surface area contributed by atoms with Crippen LogP contribution in [0.4, 0.5) is 4.39 Å². The summed E-state index contributed by atoms with van der Waals surface area (Å²) in [4.78, 5) is 14.7. The lowest BCUT2D eigenvalue weighted by atomic mass is 9.91. The van der Waals surface area contributed by atoms with E-state index in [0.29, 0.717) is 11.6 Å². The summed E-state index contributed by atoms with van der Waals surface area (Å²) >= 11 is 0. The standard InChI is InChI=1S/C19H24FN3O/c1-14-12-18(22(2)21-14)19(24)23-11-3-4-16(13-23)6-5-15-7-9-17(20)10-8-15/h7-10,12,16H,3-6,11,13H2,1-2H3/t16-/m1/s1. The van der Waals surface area contributed by atoms with Crippen molar-refractivity contribution in [2.24, 2.45) is 13.0 Å². The van der Waals surface area contributed by atoms with Gasteiger partial charge in [0.05, 0.1) is 5.69 Å². The fourth-order valence-electron chi connectivity index (χ4n) is 3.48. The normalized spacial score (nSPS) is 18.0. The Morgan fingerprint density at radius 1 is 1.33 bits per heavy atom. The number of benzene rings is 1. The third-order valence-corrected chi connectivity index (χ3v) is 4.78. The molecule has 5 heteroatoms. The van der Waals surface area contributed by atoms with Crippen LogP contribution in [0.2, 0.25) is 0 Å². The summed E-state index contributed by atoms with van der Waals surface area (Å²) in [6, 6.07) is 8.57. The zero-order valence-corrected chi connectivity index (χ0v) is 14.3. The Kier molecular flexibility index (Phi) is 4.97. The van der Waals surface area contributed by atoms with E-state index in [2.05, 4.69) is 5.10 Å². The van der Waals surface area contributed by atoms with Gasteiger partial charge in [-0.15, -0.1) is 0 Å². The van der Waals surface area contributed by atoms with Crippen LogP contribution in [0.15, 0.2) is 30.3 Å². The number of carbonyl (C=O) groups excluding carboxylic acids is 1. The molecule has 1 aromatic carbocycles. The number of amides is 1. The number of likely N-dealkylation sites (tertiary alicyclic amines) is 1. The highest BCUT2D eigenvalue weighted by Crippen LogP contribution is 2.23. The molecule has 4 nitrogen and oxygen atoms in total. The van der Waals surface area contributed by atoms with Crippen molar-refractivity contribution in [3.63, 3.8) is 0 Å². The average Bonchev–Trinajstić information content (AvgIpc) is 2.92. The van der Waals surface area contributed by atoms with Gasteiger partial charge in [-0.05, 0) is 62.3 Å². The van der Waals surface area contributed by atoms with Gasteiger partial charge in [-0.2, -0.15) is 5.10 Å². The number of aryl methyl sites for hydroxylation is 3. The van der Waals surface area contributed by atoms with Crippen molar-refractivity contribution in [2.45, 2.75) is 32.6 Å². The minimum atomic E-state index is -0.195. The monoisotopic (exact) mass is 329 g/mol. The van der Waals surface area contributed by atoms with Gasteiger partial charge in [-0.25, -0.2) is 4.39 Å². The van der Waals surface area contributed by atoms with E-state index in [4.69, 9.17) is 0 Å². The molecule has 0 bridgehead atoms. The maximum Gasteiger partial charge on any atom is 0.272 e. The first-order chi connectivity index (χ1) is 11.5. The lowest BCUT2D eigenvalue weighted by Gasteiger charge is -2.32. The zero-order valence-electron chi connectivity index (χ0n) is 14.3. The molecule has 2 heterocycles. The number of piperidine rings is 1. The zero-order chi connectivity index (χ0) is 17.1. The Morgan fingerprint density at radius 3 is 2.75 bits per heavy atom. The highest BCUT2D eigenvalue weighted by molar-refractivity contribution is 5.92. The molecular formula is C19H24FN3O. The molecule has 1 aliphatic heterocycles. The highest BCUT2D eigenvalue weighted by Gasteiger charge is 2.26. The molecule has 128 valence electrons. The van der Waals surface area contributed by atoms with Gasteiger partial charge in [0.2, 0.25) is 0 Å². The number of hydrogen-bond donors (Lipinski definition) is 0. The number of halogens is 1. The maximum absolute atomic E-state index is 13.0. The van der Waals surface area contributed by atoms with Crippen LogP contribution >= 0.6 is 0 Å². The Hall–Kier alpha value is -2.17. The second kappa shape index (κ2) is 7.16. The molecule has 1 aliphatic rings. The van der Waals surface area contributed by atoms with E-state index in [0.717, 1.165) is 50.0 Å². The molecule has 0 aliphatic carbocycles. The van der Waals surface area contributed by atoms with Crippen LogP contribution in [0.1, 0.15) is 41.0 Å². The lowest BCUT2D eigenvalue weighted by molar-refractivity contribution is 0.0657. The first-order valence-electron chi connectivity index (χ1n) is 8.57. The van der Waals surface area contributed by atoms with Crippen molar-refractivity contribution in [1.82, 2.24) is 14.7 Å². The summed E-state index contributed by atoms with van der Waals surface area (Å²) in [5.74, 6) is 0.381. The number of carbonyl (C=O) groups is 1. The Balaban J connectivity index is 1.58. The molecule has 24 heavy (non-hydrogen) atoms. The summed E-state index contributed by atoms with van der Waals surface area (Å²) < 4.78 is 14.6. The number of aromatic nitrogens is 2. The molecule has 0 N–H and O–H groups in total. The van der Waals surface area contributed by atoms with Gasteiger partial charge in [0, 0.05) is 20.1 Å². The minimum Gasteiger partial charge on any atom is -0.337 e. The van der Waals surface area contributed by atoms with Crippen molar-refractivity contribution in [1.29, 1.82) is 0 Å². The predicted octanol–water partition coefficient (Wildman–Crippen LogP) is 3.35. The molecule has 0 spiro atoms. The van der Waals surface area contributed by atoms with Gasteiger partial charge < -0.3 is 4.90 Å². The molecule has 1 atom stereocenters. The minimum absolute atomic E-state index is 0.0737. The van der Waals surface area contributed by atoms with Gasteiger partial charge >= 0.3 is 0 Å². The summed E-state index contributed by atoms with van der Waals surface area (Å²) in [7, 11) is 1.82. The fourth-order valence-corrected chi connectivity index (χ4v) is 3.48. The van der Waals surface area contributed by atoms with Gasteiger partial charge in [0.25, 0.3) is 5.91 Å². The quantitative estimate of drug-likeness (QED) is 0.863. The second-order valence-corrected chi connectivity index (χ2v) is 6.72. The number of rotatable bonds is 4. The van der Waals surface area contributed by atoms with E-state index in [9.17, 15) is 9.18 Å². The van der Waals surface area contributed by atoms with E-state index in [1.54, 1.807) is 4.68 Å². The second-order valence-electron chi connectivity index (χ2n) is 6.72. The van der Waals surface area contributed by atoms with Crippen LogP contribution in [0.5, 0.6) is 0 Å². The van der Waals surface area contributed by atoms with Gasteiger partial charge in [-0.1, -0.05) is 12.1 Å². The summed E-state index contributed by atoms with van der Waals surface area (Å²) in [6.45, 7) is 3.51. The van der Waals surface area contributed by atoms with Crippen molar-refractivity contribution in [3.8, 4) is 0 Å². The molecular weight excluding hydrogens is 305 g/mol. The number of nitrogens with zero attached hydrogens (tertiary/aromatic N) is 3. The Bertz CT molecular complexity index is 708. The molecule has 0 unspecified atom stereocenters. The average molecular weight is 329 g/mol. The van der Waals surface area contributed by atoms with Crippen LogP contribution < -0.4 is 0 Å². The molecule has 1 aromatic heterocycles. The van der Waals surface area contributed by atoms with E-state index in [1.807, 2.05) is 37.1 Å². The molecule has 0 saturated carbocycles. The molecule has 0 radical (unpaired) electrons. The third kappa shape index (κ3) is 3.83. The van der Waals surface area contributed by atoms with E-state index in [1.165, 1.54) is 12.1 Å². The lowest BCUT2D eigenvalue weighted by Crippen LogP contribution is -2.40. The van der Waals surface area contributed by atoms with Crippen LogP contribution in [-0.4, -0.2) is 33.7 Å². The summed E-state index contributed by atoms with van der Waals surface area (Å²) in [6.07, 6.45) is 4.14. The molecule has 1 amide bonds. The van der Waals surface area contributed by atoms with Crippen LogP contribution in [0.25, 0.3) is 0 Å². The highest BCUT2D eigenvalue weighted by atomic mass is 19.1. The molecule has 3 rings (SSSR count). The summed E-state index contributed by atoms with van der Waals surface area (Å²) in [5, 5.41) is 4.27. The molecule has 1 saturated heterocycles. The number of hydrogen-bond acceptors (Lipinski definition) is 2. The third-order valence-electron chi connectivity index (χ3n) is 4.78. The smallest absolute Gasteiger partial charge is 0.272 e. The van der Waals surface area contributed by atoms with Gasteiger partial charge in [-0.3, -0.25) is 9.48 Å². The SMILES string of the molecule is Cc1cc(C(=O)N2CCC[C@H](CCc3ccc(F)cc3)C2)n(C)n1.